The van der Waals surface area contributed by atoms with Crippen LogP contribution in [-0.4, -0.2) is 38.9 Å². The first-order valence-corrected chi connectivity index (χ1v) is 12.8. The van der Waals surface area contributed by atoms with Gasteiger partial charge in [0, 0.05) is 17.1 Å². The number of carboxylic acid groups (broad SMARTS) is 1. The fourth-order valence-corrected chi connectivity index (χ4v) is 5.00. The van der Waals surface area contributed by atoms with Crippen LogP contribution in [0.5, 0.6) is 5.75 Å². The van der Waals surface area contributed by atoms with Gasteiger partial charge < -0.3 is 20.5 Å². The number of hydrogen-bond acceptors (Lipinski definition) is 7. The average Bonchev–Trinajstić information content (AvgIpc) is 3.34. The zero-order valence-corrected chi connectivity index (χ0v) is 21.5. The molecule has 192 valence electrons. The maximum Gasteiger partial charge on any atom is 0.335 e. The van der Waals surface area contributed by atoms with Gasteiger partial charge in [-0.25, -0.2) is 9.48 Å². The number of methoxy groups -OCH3 is 1. The molecule has 0 fully saturated rings. The van der Waals surface area contributed by atoms with Gasteiger partial charge in [0.1, 0.15) is 11.8 Å². The predicted molar refractivity (Wildman–Crippen MR) is 146 cm³/mol. The Labute approximate surface area is 223 Å². The minimum absolute atomic E-state index is 0.159. The van der Waals surface area contributed by atoms with Gasteiger partial charge in [0.2, 0.25) is 11.1 Å². The lowest BCUT2D eigenvalue weighted by Gasteiger charge is -2.28. The number of nitrogens with zero attached hydrogens (tertiary/aromatic N) is 3. The van der Waals surface area contributed by atoms with Gasteiger partial charge in [-0.15, -0.1) is 5.10 Å². The average molecular weight is 528 g/mol. The molecule has 0 bridgehead atoms. The van der Waals surface area contributed by atoms with Crippen LogP contribution in [0.15, 0.2) is 95.3 Å². The number of aromatic nitrogens is 3. The summed E-state index contributed by atoms with van der Waals surface area (Å²) in [6.45, 7) is 1.82. The van der Waals surface area contributed by atoms with E-state index in [0.717, 1.165) is 11.3 Å². The third-order valence-electron chi connectivity index (χ3n) is 6.08. The molecule has 0 saturated carbocycles. The normalized spacial score (nSPS) is 14.4. The molecule has 1 amide bonds. The van der Waals surface area contributed by atoms with E-state index in [4.69, 9.17) is 9.84 Å². The summed E-state index contributed by atoms with van der Waals surface area (Å²) in [5.41, 5.74) is 3.69. The summed E-state index contributed by atoms with van der Waals surface area (Å²) < 4.78 is 6.99. The molecule has 38 heavy (non-hydrogen) atoms. The molecule has 0 aliphatic carbocycles. The number of aromatic carboxylic acids is 1. The number of benzene rings is 3. The van der Waals surface area contributed by atoms with Crippen molar-refractivity contribution in [3.63, 3.8) is 0 Å². The minimum atomic E-state index is -1.02. The van der Waals surface area contributed by atoms with Gasteiger partial charge >= 0.3 is 5.97 Å². The Morgan fingerprint density at radius 2 is 1.84 bits per heavy atom. The highest BCUT2D eigenvalue weighted by atomic mass is 32.2. The second-order valence-electron chi connectivity index (χ2n) is 8.62. The van der Waals surface area contributed by atoms with E-state index >= 15 is 0 Å². The van der Waals surface area contributed by atoms with Crippen LogP contribution < -0.4 is 15.4 Å². The van der Waals surface area contributed by atoms with Crippen LogP contribution in [0, 0.1) is 0 Å². The van der Waals surface area contributed by atoms with Crippen LogP contribution in [0.3, 0.4) is 0 Å². The van der Waals surface area contributed by atoms with Gasteiger partial charge in [0.15, 0.2) is 0 Å². The molecule has 0 radical (unpaired) electrons. The molecule has 1 atom stereocenters. The Hall–Kier alpha value is -4.57. The number of rotatable bonds is 8. The van der Waals surface area contributed by atoms with Crippen LogP contribution >= 0.6 is 11.8 Å². The molecule has 0 unspecified atom stereocenters. The number of amides is 1. The highest BCUT2D eigenvalue weighted by Crippen LogP contribution is 2.37. The topological polar surface area (TPSA) is 118 Å². The molecule has 3 aromatic carbocycles. The molecule has 1 aliphatic heterocycles. The number of carboxylic acids is 1. The quantitative estimate of drug-likeness (QED) is 0.268. The number of nitrogens with one attached hydrogen (secondary N) is 2. The summed E-state index contributed by atoms with van der Waals surface area (Å²) in [4.78, 5) is 29.6. The van der Waals surface area contributed by atoms with E-state index in [2.05, 4.69) is 15.6 Å². The third-order valence-corrected chi connectivity index (χ3v) is 6.99. The zero-order valence-electron chi connectivity index (χ0n) is 20.7. The first-order chi connectivity index (χ1) is 18.4. The smallest absolute Gasteiger partial charge is 0.335 e. The Morgan fingerprint density at radius 1 is 1.08 bits per heavy atom. The molecule has 1 aromatic heterocycles. The molecule has 2 heterocycles. The molecule has 9 nitrogen and oxygen atoms in total. The molecular weight excluding hydrogens is 502 g/mol. The molecule has 5 rings (SSSR count). The summed E-state index contributed by atoms with van der Waals surface area (Å²) >= 11 is 1.47. The molecule has 4 aromatic rings. The number of fused-ring (bicyclic) bond motifs is 1. The van der Waals surface area contributed by atoms with E-state index in [1.54, 1.807) is 23.9 Å². The molecule has 0 saturated heterocycles. The highest BCUT2D eigenvalue weighted by Gasteiger charge is 2.34. The van der Waals surface area contributed by atoms with Crippen LogP contribution in [0.2, 0.25) is 0 Å². The number of para-hydroxylation sites is 1. The maximum atomic E-state index is 13.5. The van der Waals surface area contributed by atoms with Crippen LogP contribution in [0.25, 0.3) is 0 Å². The van der Waals surface area contributed by atoms with Gasteiger partial charge in [-0.3, -0.25) is 4.79 Å². The number of allylic oxidation sites excluding steroid dienone is 1. The lowest BCUT2D eigenvalue weighted by molar-refractivity contribution is -0.113. The summed E-state index contributed by atoms with van der Waals surface area (Å²) in [7, 11) is 1.63. The predicted octanol–water partition coefficient (Wildman–Crippen LogP) is 5.20. The molecular formula is C28H25N5O4S. The van der Waals surface area contributed by atoms with E-state index in [9.17, 15) is 14.7 Å². The molecule has 0 spiro atoms. The third kappa shape index (κ3) is 5.25. The summed E-state index contributed by atoms with van der Waals surface area (Å²) in [6, 6.07) is 22.8. The van der Waals surface area contributed by atoms with Crippen molar-refractivity contribution in [1.82, 2.24) is 14.8 Å². The van der Waals surface area contributed by atoms with Crippen molar-refractivity contribution in [1.29, 1.82) is 0 Å². The number of carbonyl (C=O) groups is 2. The van der Waals surface area contributed by atoms with E-state index < -0.39 is 12.0 Å². The summed E-state index contributed by atoms with van der Waals surface area (Å²) in [6.07, 6.45) is 0. The largest absolute Gasteiger partial charge is 0.497 e. The zero-order chi connectivity index (χ0) is 26.6. The number of thioether (sulfide) groups is 1. The van der Waals surface area contributed by atoms with Gasteiger partial charge in [-0.1, -0.05) is 54.2 Å². The number of anilines is 2. The lowest BCUT2D eigenvalue weighted by Crippen LogP contribution is -2.31. The van der Waals surface area contributed by atoms with Crippen molar-refractivity contribution in [2.75, 3.05) is 17.7 Å². The molecule has 10 heteroatoms. The Balaban J connectivity index is 1.49. The molecule has 1 aliphatic rings. The standard InChI is InChI=1S/C28H25N5O4S/c1-17-23(25(34)30-21-8-4-3-5-9-21)24(19-11-13-20(14-12-19)26(35)36)33-27(29-17)31-28(32-33)38-16-18-7-6-10-22(15-18)37-2/h3-15,24H,16H2,1-2H3,(H,30,34)(H,35,36)(H,29,31,32)/t24-/m0/s1. The van der Waals surface area contributed by atoms with Crippen molar-refractivity contribution in [3.05, 3.63) is 107 Å². The second kappa shape index (κ2) is 10.8. The monoisotopic (exact) mass is 527 g/mol. The van der Waals surface area contributed by atoms with Gasteiger partial charge in [0.25, 0.3) is 5.91 Å². The number of carbonyl (C=O) groups excluding carboxylic acids is 1. The van der Waals surface area contributed by atoms with Gasteiger partial charge in [0.05, 0.1) is 18.2 Å². The Bertz CT molecular complexity index is 1520. The van der Waals surface area contributed by atoms with Crippen molar-refractivity contribution in [3.8, 4) is 5.75 Å². The van der Waals surface area contributed by atoms with E-state index in [1.165, 1.54) is 23.9 Å². The van der Waals surface area contributed by atoms with Crippen LogP contribution in [-0.2, 0) is 10.5 Å². The van der Waals surface area contributed by atoms with Crippen molar-refractivity contribution >= 4 is 35.3 Å². The lowest BCUT2D eigenvalue weighted by atomic mass is 9.94. The van der Waals surface area contributed by atoms with Gasteiger partial charge in [-0.05, 0) is 54.4 Å². The fourth-order valence-electron chi connectivity index (χ4n) is 4.23. The Morgan fingerprint density at radius 3 is 2.55 bits per heavy atom. The van der Waals surface area contributed by atoms with Crippen molar-refractivity contribution in [2.45, 2.75) is 23.9 Å². The maximum absolute atomic E-state index is 13.5. The van der Waals surface area contributed by atoms with Gasteiger partial charge in [-0.2, -0.15) is 4.98 Å². The second-order valence-corrected chi connectivity index (χ2v) is 9.56. The van der Waals surface area contributed by atoms with Crippen LogP contribution in [0.1, 0.15) is 34.5 Å². The first-order valence-electron chi connectivity index (χ1n) is 11.8. The number of ether oxygens (including phenoxy) is 1. The number of hydrogen-bond donors (Lipinski definition) is 3. The van der Waals surface area contributed by atoms with E-state index in [0.29, 0.717) is 39.4 Å². The Kier molecular flexibility index (Phi) is 7.14. The minimum Gasteiger partial charge on any atom is -0.497 e. The first kappa shape index (κ1) is 25.1. The van der Waals surface area contributed by atoms with Crippen LogP contribution in [0.4, 0.5) is 11.6 Å². The summed E-state index contributed by atoms with van der Waals surface area (Å²) in [5.74, 6) is 0.597. The summed E-state index contributed by atoms with van der Waals surface area (Å²) in [5, 5.41) is 20.8. The van der Waals surface area contributed by atoms with E-state index in [1.807, 2.05) is 61.5 Å². The van der Waals surface area contributed by atoms with Crippen molar-refractivity contribution in [2.24, 2.45) is 0 Å². The van der Waals surface area contributed by atoms with E-state index in [-0.39, 0.29) is 11.5 Å². The SMILES string of the molecule is COc1cccc(CSc2nc3n(n2)[C@@H](c2ccc(C(=O)O)cc2)C(C(=O)Nc2ccccc2)=C(C)N3)c1. The highest BCUT2D eigenvalue weighted by molar-refractivity contribution is 7.98. The fraction of sp³-hybridized carbons (Fsp3) is 0.143. The molecule has 3 N–H and O–H groups in total. The van der Waals surface area contributed by atoms with Crippen molar-refractivity contribution < 1.29 is 19.4 Å².